The molecule has 0 bridgehead atoms. The third-order valence-corrected chi connectivity index (χ3v) is 8.04. The van der Waals surface area contributed by atoms with E-state index in [1.165, 1.54) is 57.8 Å². The van der Waals surface area contributed by atoms with E-state index < -0.39 is 0 Å². The summed E-state index contributed by atoms with van der Waals surface area (Å²) in [7, 11) is 0. The highest BCUT2D eigenvalue weighted by Gasteiger charge is 2.60. The molecule has 0 amide bonds. The molecule has 0 heterocycles. The molecule has 6 atom stereocenters. The molecule has 1 nitrogen and oxygen atoms in total. The number of hydrogen-bond donors (Lipinski definition) is 0. The molecule has 0 aromatic heterocycles. The Morgan fingerprint density at radius 1 is 0.955 bits per heavy atom. The molecule has 0 aromatic carbocycles. The van der Waals surface area contributed by atoms with Gasteiger partial charge in [-0.1, -0.05) is 33.1 Å². The molecule has 1 heteroatoms. The van der Waals surface area contributed by atoms with E-state index in [1.807, 2.05) is 0 Å². The van der Waals surface area contributed by atoms with Crippen LogP contribution in [0.2, 0.25) is 0 Å². The van der Waals surface area contributed by atoms with Crippen molar-refractivity contribution in [3.8, 4) is 12.8 Å². The quantitative estimate of drug-likeness (QED) is 0.559. The van der Waals surface area contributed by atoms with Crippen LogP contribution in [0.15, 0.2) is 0 Å². The molecule has 0 aromatic rings. The largest absolute Gasteiger partial charge is 0.299 e. The lowest BCUT2D eigenvalue weighted by atomic mass is 9.45. The second kappa shape index (κ2) is 5.70. The first-order chi connectivity index (χ1) is 10.5. The van der Waals surface area contributed by atoms with Crippen LogP contribution < -0.4 is 0 Å². The minimum absolute atomic E-state index is 0.363. The van der Waals surface area contributed by atoms with Gasteiger partial charge in [0, 0.05) is 12.3 Å². The van der Waals surface area contributed by atoms with E-state index in [-0.39, 0.29) is 0 Å². The second-order valence-corrected chi connectivity index (χ2v) is 8.96. The number of fused-ring (bicyclic) bond motifs is 5. The summed E-state index contributed by atoms with van der Waals surface area (Å²) in [6.07, 6.45) is 21.3. The maximum Gasteiger partial charge on any atom is 0.137 e. The maximum absolute atomic E-state index is 13.0. The summed E-state index contributed by atoms with van der Waals surface area (Å²) in [5.41, 5.74) is 0.734. The SMILES string of the molecule is C#C.C[C@@]12CCCC1C1CCC3CCCC[C@]3(C)C1C(=O)C2. The topological polar surface area (TPSA) is 17.1 Å². The third-order valence-electron chi connectivity index (χ3n) is 8.04. The number of rotatable bonds is 0. The highest BCUT2D eigenvalue weighted by molar-refractivity contribution is 5.84. The minimum atomic E-state index is 0.363. The van der Waals surface area contributed by atoms with Crippen LogP contribution in [-0.2, 0) is 4.79 Å². The van der Waals surface area contributed by atoms with E-state index in [4.69, 9.17) is 0 Å². The van der Waals surface area contributed by atoms with E-state index in [0.717, 1.165) is 24.2 Å². The fourth-order valence-corrected chi connectivity index (χ4v) is 7.12. The minimum Gasteiger partial charge on any atom is -0.299 e. The monoisotopic (exact) mass is 300 g/mol. The highest BCUT2D eigenvalue weighted by atomic mass is 16.1. The Labute approximate surface area is 136 Å². The molecule has 4 fully saturated rings. The van der Waals surface area contributed by atoms with Crippen molar-refractivity contribution < 1.29 is 4.79 Å². The Kier molecular flexibility index (Phi) is 4.17. The molecule has 0 aliphatic heterocycles. The highest BCUT2D eigenvalue weighted by Crippen LogP contribution is 2.65. The molecular formula is C21H32O. The van der Waals surface area contributed by atoms with Crippen LogP contribution >= 0.6 is 0 Å². The van der Waals surface area contributed by atoms with Gasteiger partial charge in [-0.05, 0) is 67.1 Å². The fraction of sp³-hybridized carbons (Fsp3) is 0.857. The number of carbonyl (C=O) groups excluding carboxylic acids is 1. The zero-order valence-corrected chi connectivity index (χ0v) is 14.4. The van der Waals surface area contributed by atoms with Gasteiger partial charge in [-0.15, -0.1) is 12.8 Å². The Morgan fingerprint density at radius 2 is 1.73 bits per heavy atom. The van der Waals surface area contributed by atoms with Gasteiger partial charge in [0.05, 0.1) is 0 Å². The first-order valence-corrected chi connectivity index (χ1v) is 9.41. The smallest absolute Gasteiger partial charge is 0.137 e. The van der Waals surface area contributed by atoms with Gasteiger partial charge in [0.2, 0.25) is 0 Å². The summed E-state index contributed by atoms with van der Waals surface area (Å²) in [4.78, 5) is 13.0. The van der Waals surface area contributed by atoms with E-state index in [0.29, 0.717) is 22.5 Å². The first kappa shape index (κ1) is 16.1. The van der Waals surface area contributed by atoms with Gasteiger partial charge in [-0.2, -0.15) is 0 Å². The average Bonchev–Trinajstić information content (AvgIpc) is 2.89. The van der Waals surface area contributed by atoms with Crippen molar-refractivity contribution in [1.82, 2.24) is 0 Å². The van der Waals surface area contributed by atoms with Crippen molar-refractivity contribution in [2.75, 3.05) is 0 Å². The molecule has 0 N–H and O–H groups in total. The number of Topliss-reactive ketones (excluding diaryl/α,β-unsaturated/α-hetero) is 1. The van der Waals surface area contributed by atoms with Gasteiger partial charge >= 0.3 is 0 Å². The van der Waals surface area contributed by atoms with Gasteiger partial charge in [-0.3, -0.25) is 4.79 Å². The summed E-state index contributed by atoms with van der Waals surface area (Å²) in [6.45, 7) is 4.91. The molecular weight excluding hydrogens is 268 g/mol. The van der Waals surface area contributed by atoms with Crippen LogP contribution in [0.1, 0.15) is 78.1 Å². The van der Waals surface area contributed by atoms with Crippen molar-refractivity contribution in [2.45, 2.75) is 78.1 Å². The van der Waals surface area contributed by atoms with E-state index in [1.54, 1.807) is 0 Å². The number of hydrogen-bond acceptors (Lipinski definition) is 1. The molecule has 4 unspecified atom stereocenters. The van der Waals surface area contributed by atoms with Crippen molar-refractivity contribution in [3.63, 3.8) is 0 Å². The fourth-order valence-electron chi connectivity index (χ4n) is 7.12. The van der Waals surface area contributed by atoms with Gasteiger partial charge in [0.1, 0.15) is 5.78 Å². The van der Waals surface area contributed by atoms with Crippen LogP contribution in [0.5, 0.6) is 0 Å². The summed E-state index contributed by atoms with van der Waals surface area (Å²) < 4.78 is 0. The molecule has 0 radical (unpaired) electrons. The van der Waals surface area contributed by atoms with Crippen molar-refractivity contribution in [3.05, 3.63) is 0 Å². The zero-order chi connectivity index (χ0) is 16.0. The number of ketones is 1. The molecule has 4 aliphatic carbocycles. The van der Waals surface area contributed by atoms with Crippen molar-refractivity contribution >= 4 is 5.78 Å². The van der Waals surface area contributed by atoms with Crippen LogP contribution in [0.3, 0.4) is 0 Å². The van der Waals surface area contributed by atoms with E-state index >= 15 is 0 Å². The van der Waals surface area contributed by atoms with Gasteiger partial charge < -0.3 is 0 Å². The Balaban J connectivity index is 0.000000693. The second-order valence-electron chi connectivity index (χ2n) is 8.96. The van der Waals surface area contributed by atoms with Gasteiger partial charge in [0.15, 0.2) is 0 Å². The summed E-state index contributed by atoms with van der Waals surface area (Å²) in [5, 5.41) is 0. The molecule has 4 rings (SSSR count). The third kappa shape index (κ3) is 2.17. The molecule has 22 heavy (non-hydrogen) atoms. The Morgan fingerprint density at radius 3 is 2.50 bits per heavy atom. The predicted molar refractivity (Wildman–Crippen MR) is 91.2 cm³/mol. The zero-order valence-electron chi connectivity index (χ0n) is 14.4. The number of carbonyl (C=O) groups is 1. The number of terminal acetylenes is 1. The Hall–Kier alpha value is -0.770. The van der Waals surface area contributed by atoms with Crippen molar-refractivity contribution in [2.24, 2.45) is 34.5 Å². The van der Waals surface area contributed by atoms with Crippen LogP contribution in [0, 0.1) is 47.3 Å². The standard InChI is InChI=1S/C19H30O.C2H2/c1-18-10-5-7-15(18)14-9-8-13-6-3-4-11-19(13,2)17(14)16(20)12-18;1-2/h13-15,17H,3-12H2,1-2H3;1-2H/t13?,14?,15?,17?,18-,19-;/m0./s1. The molecule has 0 saturated heterocycles. The van der Waals surface area contributed by atoms with Gasteiger partial charge in [0.25, 0.3) is 0 Å². The molecule has 4 saturated carbocycles. The van der Waals surface area contributed by atoms with Crippen LogP contribution in [0.4, 0.5) is 0 Å². The first-order valence-electron chi connectivity index (χ1n) is 9.41. The lowest BCUT2D eigenvalue weighted by Crippen LogP contribution is -2.55. The van der Waals surface area contributed by atoms with Crippen LogP contribution in [-0.4, -0.2) is 5.78 Å². The van der Waals surface area contributed by atoms with Gasteiger partial charge in [-0.25, -0.2) is 0 Å². The summed E-state index contributed by atoms with van der Waals surface area (Å²) >= 11 is 0. The lowest BCUT2D eigenvalue weighted by molar-refractivity contribution is -0.155. The lowest BCUT2D eigenvalue weighted by Gasteiger charge is -2.58. The average molecular weight is 300 g/mol. The summed E-state index contributed by atoms with van der Waals surface area (Å²) in [6, 6.07) is 0. The van der Waals surface area contributed by atoms with Crippen LogP contribution in [0.25, 0.3) is 0 Å². The summed E-state index contributed by atoms with van der Waals surface area (Å²) in [5.74, 6) is 3.54. The molecule has 4 aliphatic rings. The molecule has 122 valence electrons. The maximum atomic E-state index is 13.0. The predicted octanol–water partition coefficient (Wildman–Crippen LogP) is 5.24. The van der Waals surface area contributed by atoms with Crippen molar-refractivity contribution in [1.29, 1.82) is 0 Å². The van der Waals surface area contributed by atoms with E-state index in [9.17, 15) is 4.79 Å². The van der Waals surface area contributed by atoms with E-state index in [2.05, 4.69) is 26.7 Å². The normalized spacial score (nSPS) is 50.1. The molecule has 0 spiro atoms. The Bertz CT molecular complexity index is 464.